The van der Waals surface area contributed by atoms with Gasteiger partial charge in [-0.25, -0.2) is 9.48 Å². The smallest absolute Gasteiger partial charge is 0.324 e. The van der Waals surface area contributed by atoms with Crippen LogP contribution in [0.4, 0.5) is 5.69 Å². The molecule has 1 heterocycles. The van der Waals surface area contributed by atoms with E-state index in [1.165, 1.54) is 6.20 Å². The van der Waals surface area contributed by atoms with E-state index in [0.717, 1.165) is 15.8 Å². The second-order valence-electron chi connectivity index (χ2n) is 6.15. The van der Waals surface area contributed by atoms with Crippen molar-refractivity contribution in [3.63, 3.8) is 0 Å². The van der Waals surface area contributed by atoms with Crippen LogP contribution in [-0.4, -0.2) is 20.7 Å². The topological polar surface area (TPSA) is 76.9 Å². The molecule has 0 radical (unpaired) electrons. The number of anilines is 1. The van der Waals surface area contributed by atoms with Crippen LogP contribution in [0.3, 0.4) is 0 Å². The van der Waals surface area contributed by atoms with E-state index in [0.29, 0.717) is 22.8 Å². The Balaban J connectivity index is 1.84. The first-order valence-electron chi connectivity index (χ1n) is 8.57. The van der Waals surface area contributed by atoms with Gasteiger partial charge in [-0.05, 0) is 37.6 Å². The van der Waals surface area contributed by atoms with Gasteiger partial charge in [0, 0.05) is 16.3 Å². The Kier molecular flexibility index (Phi) is 5.66. The lowest BCUT2D eigenvalue weighted by molar-refractivity contribution is -0.119. The van der Waals surface area contributed by atoms with Crippen LogP contribution in [0.5, 0.6) is 0 Å². The molecule has 138 valence electrons. The zero-order valence-electron chi connectivity index (χ0n) is 15.0. The molecular formula is C20H19ClN4O2. The molecule has 0 spiro atoms. The predicted molar refractivity (Wildman–Crippen MR) is 106 cm³/mol. The summed E-state index contributed by atoms with van der Waals surface area (Å²) in [6, 6.07) is 13.6. The number of carbonyl (C=O) groups excluding carboxylic acids is 1. The van der Waals surface area contributed by atoms with Crippen molar-refractivity contribution in [1.29, 1.82) is 0 Å². The van der Waals surface area contributed by atoms with Crippen LogP contribution in [0.1, 0.15) is 24.9 Å². The first kappa shape index (κ1) is 18.8. The highest BCUT2D eigenvalue weighted by molar-refractivity contribution is 6.30. The van der Waals surface area contributed by atoms with Gasteiger partial charge in [-0.15, -0.1) is 0 Å². The number of carbonyl (C=O) groups is 1. The van der Waals surface area contributed by atoms with Gasteiger partial charge < -0.3 is 5.32 Å². The number of halogens is 1. The second kappa shape index (κ2) is 8.14. The monoisotopic (exact) mass is 382 g/mol. The highest BCUT2D eigenvalue weighted by Crippen LogP contribution is 2.18. The number of hydrogen-bond acceptors (Lipinski definition) is 4. The van der Waals surface area contributed by atoms with Gasteiger partial charge in [-0.1, -0.05) is 48.4 Å². The van der Waals surface area contributed by atoms with Gasteiger partial charge in [0.1, 0.15) is 6.04 Å². The molecule has 0 aliphatic rings. The summed E-state index contributed by atoms with van der Waals surface area (Å²) in [5, 5.41) is 7.54. The number of amides is 1. The van der Waals surface area contributed by atoms with Crippen molar-refractivity contribution >= 4 is 23.2 Å². The van der Waals surface area contributed by atoms with Gasteiger partial charge >= 0.3 is 5.69 Å². The summed E-state index contributed by atoms with van der Waals surface area (Å²) in [6.45, 7) is 3.80. The number of rotatable bonds is 5. The van der Waals surface area contributed by atoms with E-state index in [1.54, 1.807) is 24.3 Å². The number of nitrogens with one attached hydrogen (secondary N) is 1. The molecule has 1 unspecified atom stereocenters. The molecule has 1 amide bonds. The maximum atomic E-state index is 12.6. The third kappa shape index (κ3) is 4.41. The molecule has 0 aliphatic heterocycles. The van der Waals surface area contributed by atoms with E-state index in [2.05, 4.69) is 15.4 Å². The average Bonchev–Trinajstić information content (AvgIpc) is 2.66. The number of nitrogens with zero attached hydrogens (tertiary/aromatic N) is 3. The Morgan fingerprint density at radius 1 is 1.15 bits per heavy atom. The molecule has 2 aromatic carbocycles. The zero-order valence-corrected chi connectivity index (χ0v) is 15.8. The standard InChI is InChI=1S/C20H19ClN4O2/c1-3-18(19(26)23-16-10-8-15(21)9-11-16)25-20(27)24-17(12-22-25)14-6-4-13(2)5-7-14/h4-12,18H,3H2,1-2H3,(H,23,26). The number of benzene rings is 2. The van der Waals surface area contributed by atoms with Crippen LogP contribution < -0.4 is 11.0 Å². The normalized spacial score (nSPS) is 11.8. The van der Waals surface area contributed by atoms with E-state index in [9.17, 15) is 9.59 Å². The summed E-state index contributed by atoms with van der Waals surface area (Å²) in [6.07, 6.45) is 1.90. The Morgan fingerprint density at radius 3 is 2.41 bits per heavy atom. The summed E-state index contributed by atoms with van der Waals surface area (Å²) in [5.74, 6) is -0.334. The first-order chi connectivity index (χ1) is 13.0. The van der Waals surface area contributed by atoms with E-state index in [-0.39, 0.29) is 5.91 Å². The van der Waals surface area contributed by atoms with E-state index < -0.39 is 11.7 Å². The molecular weight excluding hydrogens is 364 g/mol. The number of hydrogen-bond donors (Lipinski definition) is 1. The zero-order chi connectivity index (χ0) is 19.4. The molecule has 1 N–H and O–H groups in total. The highest BCUT2D eigenvalue weighted by atomic mass is 35.5. The van der Waals surface area contributed by atoms with Crippen molar-refractivity contribution in [1.82, 2.24) is 14.8 Å². The maximum Gasteiger partial charge on any atom is 0.365 e. The third-order valence-electron chi connectivity index (χ3n) is 4.16. The fourth-order valence-electron chi connectivity index (χ4n) is 2.65. The van der Waals surface area contributed by atoms with Crippen molar-refractivity contribution < 1.29 is 4.79 Å². The Hall–Kier alpha value is -2.99. The summed E-state index contributed by atoms with van der Waals surface area (Å²) in [4.78, 5) is 29.2. The Morgan fingerprint density at radius 2 is 1.81 bits per heavy atom. The number of aromatic nitrogens is 3. The number of aryl methyl sites for hydroxylation is 1. The molecule has 3 rings (SSSR count). The van der Waals surface area contributed by atoms with E-state index in [1.807, 2.05) is 38.1 Å². The lowest BCUT2D eigenvalue weighted by Gasteiger charge is -2.16. The molecule has 7 heteroatoms. The van der Waals surface area contributed by atoms with Gasteiger partial charge in [0.2, 0.25) is 5.91 Å². The minimum absolute atomic E-state index is 0.334. The van der Waals surface area contributed by atoms with Gasteiger partial charge in [-0.2, -0.15) is 10.1 Å². The van der Waals surface area contributed by atoms with Gasteiger partial charge in [0.05, 0.1) is 11.9 Å². The summed E-state index contributed by atoms with van der Waals surface area (Å²) in [5.41, 5.74) is 2.43. The van der Waals surface area contributed by atoms with Crippen molar-refractivity contribution in [3.8, 4) is 11.3 Å². The maximum absolute atomic E-state index is 12.6. The summed E-state index contributed by atoms with van der Waals surface area (Å²) >= 11 is 5.85. The Bertz CT molecular complexity index is 998. The molecule has 0 fully saturated rings. The van der Waals surface area contributed by atoms with E-state index >= 15 is 0 Å². The van der Waals surface area contributed by atoms with Crippen LogP contribution in [0.2, 0.25) is 5.02 Å². The quantitative estimate of drug-likeness (QED) is 0.726. The van der Waals surface area contributed by atoms with Crippen LogP contribution in [0.25, 0.3) is 11.3 Å². The minimum atomic E-state index is -0.757. The van der Waals surface area contributed by atoms with Crippen LogP contribution in [-0.2, 0) is 4.79 Å². The molecule has 0 saturated heterocycles. The minimum Gasteiger partial charge on any atom is -0.324 e. The van der Waals surface area contributed by atoms with Crippen molar-refractivity contribution in [3.05, 3.63) is 75.8 Å². The SMILES string of the molecule is CCC(C(=O)Nc1ccc(Cl)cc1)n1ncc(-c2ccc(C)cc2)nc1=O. The lowest BCUT2D eigenvalue weighted by Crippen LogP contribution is -2.36. The van der Waals surface area contributed by atoms with Gasteiger partial charge in [0.15, 0.2) is 0 Å². The fraction of sp³-hybridized carbons (Fsp3) is 0.200. The van der Waals surface area contributed by atoms with Crippen molar-refractivity contribution in [2.45, 2.75) is 26.3 Å². The second-order valence-corrected chi connectivity index (χ2v) is 6.59. The lowest BCUT2D eigenvalue weighted by atomic mass is 10.1. The highest BCUT2D eigenvalue weighted by Gasteiger charge is 2.22. The van der Waals surface area contributed by atoms with Crippen LogP contribution in [0, 0.1) is 6.92 Å². The van der Waals surface area contributed by atoms with Gasteiger partial charge in [0.25, 0.3) is 0 Å². The molecule has 3 aromatic rings. The average molecular weight is 383 g/mol. The molecule has 0 bridgehead atoms. The van der Waals surface area contributed by atoms with E-state index in [4.69, 9.17) is 11.6 Å². The molecule has 6 nitrogen and oxygen atoms in total. The molecule has 1 atom stereocenters. The Labute approximate surface area is 161 Å². The van der Waals surface area contributed by atoms with Crippen LogP contribution in [0.15, 0.2) is 59.5 Å². The van der Waals surface area contributed by atoms with Crippen molar-refractivity contribution in [2.75, 3.05) is 5.32 Å². The third-order valence-corrected chi connectivity index (χ3v) is 4.41. The van der Waals surface area contributed by atoms with Crippen LogP contribution >= 0.6 is 11.6 Å². The molecule has 0 saturated carbocycles. The summed E-state index contributed by atoms with van der Waals surface area (Å²) in [7, 11) is 0. The molecule has 27 heavy (non-hydrogen) atoms. The fourth-order valence-corrected chi connectivity index (χ4v) is 2.78. The predicted octanol–water partition coefficient (Wildman–Crippen LogP) is 3.86. The largest absolute Gasteiger partial charge is 0.365 e. The first-order valence-corrected chi connectivity index (χ1v) is 8.95. The van der Waals surface area contributed by atoms with Crippen molar-refractivity contribution in [2.24, 2.45) is 0 Å². The molecule has 1 aromatic heterocycles. The van der Waals surface area contributed by atoms with Gasteiger partial charge in [-0.3, -0.25) is 4.79 Å². The summed E-state index contributed by atoms with van der Waals surface area (Å²) < 4.78 is 1.11. The molecule has 0 aliphatic carbocycles.